The third kappa shape index (κ3) is 6.86. The van der Waals surface area contributed by atoms with Crippen molar-refractivity contribution < 1.29 is 43.1 Å². The van der Waals surface area contributed by atoms with Gasteiger partial charge in [0.15, 0.2) is 0 Å². The number of aliphatic hydroxyl groups excluding tert-OH is 4. The van der Waals surface area contributed by atoms with Crippen molar-refractivity contribution in [3.05, 3.63) is 0 Å². The number of ether oxygens (including phenoxy) is 1. The molecule has 0 saturated carbocycles. The van der Waals surface area contributed by atoms with Gasteiger partial charge in [-0.3, -0.25) is 4.79 Å². The molecule has 2 heterocycles. The molecule has 2 rings (SSSR count). The predicted octanol–water partition coefficient (Wildman–Crippen LogP) is -0.561. The Balaban J connectivity index is 1.94. The number of halogens is 3. The molecule has 1 amide bonds. The molecule has 0 aromatic carbocycles. The van der Waals surface area contributed by atoms with E-state index in [0.717, 1.165) is 23.5 Å². The fourth-order valence-corrected chi connectivity index (χ4v) is 5.38. The van der Waals surface area contributed by atoms with Crippen LogP contribution < -0.4 is 10.6 Å². The molecule has 1 unspecified atom stereocenters. The van der Waals surface area contributed by atoms with Crippen LogP contribution in [0.5, 0.6) is 0 Å². The molecule has 2 aliphatic heterocycles. The van der Waals surface area contributed by atoms with Crippen LogP contribution in [-0.2, 0) is 9.53 Å². The van der Waals surface area contributed by atoms with E-state index in [2.05, 4.69) is 10.6 Å². The first-order chi connectivity index (χ1) is 13.9. The SMILES string of the molecule is CS[C@H]1O[C@H]([C@H](NC(=O)[C@@H]2CC(SCCC(F)(F)F)CN2)[C@@H](C)O)[C@H](O)[C@H](O)[C@H]1O. The van der Waals surface area contributed by atoms with Gasteiger partial charge in [-0.25, -0.2) is 0 Å². The summed E-state index contributed by atoms with van der Waals surface area (Å²) in [6.45, 7) is 1.77. The Morgan fingerprint density at radius 1 is 1.27 bits per heavy atom. The highest BCUT2D eigenvalue weighted by atomic mass is 32.2. The normalized spacial score (nSPS) is 37.0. The van der Waals surface area contributed by atoms with Gasteiger partial charge in [-0.1, -0.05) is 0 Å². The number of carbonyl (C=O) groups is 1. The van der Waals surface area contributed by atoms with Crippen LogP contribution in [0.25, 0.3) is 0 Å². The van der Waals surface area contributed by atoms with Crippen LogP contribution in [0.2, 0.25) is 0 Å². The highest BCUT2D eigenvalue weighted by molar-refractivity contribution is 8.00. The smallest absolute Gasteiger partial charge is 0.389 e. The van der Waals surface area contributed by atoms with Crippen molar-refractivity contribution in [1.29, 1.82) is 0 Å². The van der Waals surface area contributed by atoms with Crippen molar-refractivity contribution in [2.75, 3.05) is 18.6 Å². The lowest BCUT2D eigenvalue weighted by molar-refractivity contribution is -0.211. The van der Waals surface area contributed by atoms with Crippen LogP contribution in [0.1, 0.15) is 19.8 Å². The molecule has 0 aliphatic carbocycles. The number of carbonyl (C=O) groups excluding carboxylic acids is 1. The van der Waals surface area contributed by atoms with E-state index in [-0.39, 0.29) is 11.0 Å². The van der Waals surface area contributed by atoms with Crippen molar-refractivity contribution >= 4 is 29.4 Å². The minimum absolute atomic E-state index is 0.0844. The van der Waals surface area contributed by atoms with Gasteiger partial charge >= 0.3 is 6.18 Å². The van der Waals surface area contributed by atoms with E-state index < -0.39 is 66.5 Å². The summed E-state index contributed by atoms with van der Waals surface area (Å²) < 4.78 is 42.5. The molecule has 0 aromatic heterocycles. The molecule has 8 nitrogen and oxygen atoms in total. The quantitative estimate of drug-likeness (QED) is 0.272. The summed E-state index contributed by atoms with van der Waals surface area (Å²) in [5, 5.41) is 45.9. The highest BCUT2D eigenvalue weighted by Crippen LogP contribution is 2.30. The highest BCUT2D eigenvalue weighted by Gasteiger charge is 2.48. The van der Waals surface area contributed by atoms with Gasteiger partial charge in [-0.15, -0.1) is 11.8 Å². The van der Waals surface area contributed by atoms with Crippen LogP contribution in [0.4, 0.5) is 13.2 Å². The standard InChI is InChI=1S/C17H29F3N2O6S2/c1-7(23)10(14-12(25)11(24)13(26)16(28-14)29-2)22-15(27)9-5-8(6-21-9)30-4-3-17(18,19)20/h7-14,16,21,23-26H,3-6H2,1-2H3,(H,22,27)/t7-,8?,9+,10-,11+,12-,13-,14-,16-/m1/s1. The average Bonchev–Trinajstić information content (AvgIpc) is 3.12. The zero-order valence-electron chi connectivity index (χ0n) is 16.6. The lowest BCUT2D eigenvalue weighted by Crippen LogP contribution is -2.65. The van der Waals surface area contributed by atoms with E-state index in [4.69, 9.17) is 4.74 Å². The Hall–Kier alpha value is -0.280. The molecule has 0 radical (unpaired) electrons. The van der Waals surface area contributed by atoms with Gasteiger partial charge in [0.05, 0.1) is 24.6 Å². The molecular weight excluding hydrogens is 449 g/mol. The predicted molar refractivity (Wildman–Crippen MR) is 107 cm³/mol. The molecule has 13 heteroatoms. The number of aliphatic hydroxyl groups is 4. The van der Waals surface area contributed by atoms with Crippen LogP contribution >= 0.6 is 23.5 Å². The summed E-state index contributed by atoms with van der Waals surface area (Å²) in [6, 6.07) is -1.73. The minimum atomic E-state index is -4.21. The molecule has 9 atom stereocenters. The Labute approximate surface area is 181 Å². The molecule has 0 spiro atoms. The Morgan fingerprint density at radius 3 is 2.50 bits per heavy atom. The fourth-order valence-electron chi connectivity index (χ4n) is 3.48. The second kappa shape index (κ2) is 11.0. The summed E-state index contributed by atoms with van der Waals surface area (Å²) in [5.41, 5.74) is -0.856. The summed E-state index contributed by atoms with van der Waals surface area (Å²) in [6.07, 6.45) is -9.83. The maximum Gasteiger partial charge on any atom is 0.389 e. The number of alkyl halides is 3. The number of hydrogen-bond acceptors (Lipinski definition) is 9. The second-order valence-electron chi connectivity index (χ2n) is 7.51. The lowest BCUT2D eigenvalue weighted by Gasteiger charge is -2.44. The largest absolute Gasteiger partial charge is 0.391 e. The van der Waals surface area contributed by atoms with Gasteiger partial charge in [0, 0.05) is 17.5 Å². The van der Waals surface area contributed by atoms with Gasteiger partial charge < -0.3 is 35.8 Å². The monoisotopic (exact) mass is 478 g/mol. The lowest BCUT2D eigenvalue weighted by atomic mass is 9.92. The Kier molecular flexibility index (Phi) is 9.55. The van der Waals surface area contributed by atoms with Gasteiger partial charge in [-0.05, 0) is 19.6 Å². The van der Waals surface area contributed by atoms with E-state index in [9.17, 15) is 38.4 Å². The zero-order valence-corrected chi connectivity index (χ0v) is 18.2. The Morgan fingerprint density at radius 2 is 1.93 bits per heavy atom. The molecule has 2 aliphatic rings. The first-order valence-corrected chi connectivity index (χ1v) is 11.9. The van der Waals surface area contributed by atoms with E-state index in [1.165, 1.54) is 6.92 Å². The molecule has 2 fully saturated rings. The van der Waals surface area contributed by atoms with Crippen LogP contribution in [-0.4, -0.2) is 104 Å². The first-order valence-electron chi connectivity index (χ1n) is 9.57. The molecule has 2 saturated heterocycles. The van der Waals surface area contributed by atoms with Crippen molar-refractivity contribution in [3.8, 4) is 0 Å². The van der Waals surface area contributed by atoms with Crippen LogP contribution in [0.15, 0.2) is 0 Å². The average molecular weight is 479 g/mol. The fraction of sp³-hybridized carbons (Fsp3) is 0.941. The van der Waals surface area contributed by atoms with Crippen molar-refractivity contribution in [2.45, 2.75) is 79.2 Å². The number of rotatable bonds is 8. The molecular formula is C17H29F3N2O6S2. The Bertz CT molecular complexity index is 572. The minimum Gasteiger partial charge on any atom is -0.391 e. The van der Waals surface area contributed by atoms with Gasteiger partial charge in [0.1, 0.15) is 29.9 Å². The van der Waals surface area contributed by atoms with E-state index >= 15 is 0 Å². The summed E-state index contributed by atoms with van der Waals surface area (Å²) in [5.74, 6) is -0.573. The van der Waals surface area contributed by atoms with Crippen molar-refractivity contribution in [2.24, 2.45) is 0 Å². The van der Waals surface area contributed by atoms with Gasteiger partial charge in [0.25, 0.3) is 0 Å². The first kappa shape index (κ1) is 26.0. The number of nitrogens with one attached hydrogen (secondary N) is 2. The van der Waals surface area contributed by atoms with E-state index in [1.807, 2.05) is 0 Å². The molecule has 0 aromatic rings. The molecule has 176 valence electrons. The van der Waals surface area contributed by atoms with Gasteiger partial charge in [0.2, 0.25) is 5.91 Å². The van der Waals surface area contributed by atoms with Crippen molar-refractivity contribution in [1.82, 2.24) is 10.6 Å². The summed E-state index contributed by atoms with van der Waals surface area (Å²) in [4.78, 5) is 12.7. The second-order valence-corrected chi connectivity index (χ2v) is 9.85. The van der Waals surface area contributed by atoms with Crippen LogP contribution in [0.3, 0.4) is 0 Å². The maximum atomic E-state index is 12.7. The summed E-state index contributed by atoms with van der Waals surface area (Å²) in [7, 11) is 0. The van der Waals surface area contributed by atoms with Gasteiger partial charge in [-0.2, -0.15) is 24.9 Å². The third-order valence-corrected chi connectivity index (χ3v) is 7.29. The zero-order chi connectivity index (χ0) is 22.6. The van der Waals surface area contributed by atoms with Crippen LogP contribution in [0, 0.1) is 0 Å². The number of thioether (sulfide) groups is 2. The summed E-state index contributed by atoms with van der Waals surface area (Å²) >= 11 is 2.26. The molecule has 6 N–H and O–H groups in total. The van der Waals surface area contributed by atoms with Crippen molar-refractivity contribution in [3.63, 3.8) is 0 Å². The topological polar surface area (TPSA) is 131 Å². The molecule has 30 heavy (non-hydrogen) atoms. The third-order valence-electron chi connectivity index (χ3n) is 5.17. The van der Waals surface area contributed by atoms with E-state index in [1.54, 1.807) is 6.26 Å². The number of hydrogen-bond donors (Lipinski definition) is 6. The van der Waals surface area contributed by atoms with E-state index in [0.29, 0.717) is 13.0 Å². The molecule has 0 bridgehead atoms. The maximum absolute atomic E-state index is 12.7. The number of amides is 1.